The van der Waals surface area contributed by atoms with E-state index in [1.807, 2.05) is 18.2 Å². The summed E-state index contributed by atoms with van der Waals surface area (Å²) in [4.78, 5) is 42.9. The molecule has 2 aromatic carbocycles. The number of nitrogens with zero attached hydrogens (tertiary/aromatic N) is 2. The average molecular weight is 478 g/mol. The molecule has 1 aliphatic rings. The summed E-state index contributed by atoms with van der Waals surface area (Å²) in [5.41, 5.74) is 2.53. The highest BCUT2D eigenvalue weighted by molar-refractivity contribution is 5.93. The molecule has 0 unspecified atom stereocenters. The molecular weight excluding hydrogens is 449 g/mol. The molecule has 3 aromatic rings. The SMILES string of the molecule is CN[C@@H](C)C(=O)Nc1ncc(-c2ccc(F)cc2)n(CC(=O)N[C@@H]2CCCc3ccccc32)c1=O. The zero-order valence-electron chi connectivity index (χ0n) is 19.7. The molecule has 8 nitrogen and oxygen atoms in total. The third-order valence-corrected chi connectivity index (χ3v) is 6.27. The molecule has 0 spiro atoms. The summed E-state index contributed by atoms with van der Waals surface area (Å²) in [5.74, 6) is -1.38. The van der Waals surface area contributed by atoms with Gasteiger partial charge in [0.25, 0.3) is 5.56 Å². The van der Waals surface area contributed by atoms with E-state index in [0.717, 1.165) is 24.8 Å². The van der Waals surface area contributed by atoms with E-state index in [-0.39, 0.29) is 24.3 Å². The summed E-state index contributed by atoms with van der Waals surface area (Å²) in [6, 6.07) is 12.9. The summed E-state index contributed by atoms with van der Waals surface area (Å²) in [6.07, 6.45) is 4.13. The van der Waals surface area contributed by atoms with Crippen molar-refractivity contribution in [3.05, 3.63) is 82.0 Å². The Morgan fingerprint density at radius 3 is 2.66 bits per heavy atom. The number of hydrogen-bond donors (Lipinski definition) is 3. The summed E-state index contributed by atoms with van der Waals surface area (Å²) in [5, 5.41) is 8.37. The van der Waals surface area contributed by atoms with Crippen LogP contribution >= 0.6 is 0 Å². The number of anilines is 1. The second kappa shape index (κ2) is 10.6. The Balaban J connectivity index is 1.65. The van der Waals surface area contributed by atoms with Crippen molar-refractivity contribution < 1.29 is 14.0 Å². The van der Waals surface area contributed by atoms with Gasteiger partial charge in [0.1, 0.15) is 12.4 Å². The second-order valence-electron chi connectivity index (χ2n) is 8.60. The number of aryl methyl sites for hydroxylation is 1. The maximum Gasteiger partial charge on any atom is 0.294 e. The first-order valence-corrected chi connectivity index (χ1v) is 11.6. The Hall–Kier alpha value is -3.85. The first-order chi connectivity index (χ1) is 16.9. The molecule has 1 heterocycles. The van der Waals surface area contributed by atoms with Gasteiger partial charge in [0.05, 0.1) is 24.0 Å². The third kappa shape index (κ3) is 5.46. The van der Waals surface area contributed by atoms with Gasteiger partial charge in [-0.1, -0.05) is 24.3 Å². The molecule has 9 heteroatoms. The molecule has 1 aliphatic carbocycles. The number of amides is 2. The number of carbonyl (C=O) groups is 2. The van der Waals surface area contributed by atoms with E-state index in [1.165, 1.54) is 40.6 Å². The van der Waals surface area contributed by atoms with Crippen LogP contribution in [0, 0.1) is 5.82 Å². The molecule has 0 saturated carbocycles. The molecule has 1 aromatic heterocycles. The number of likely N-dealkylation sites (N-methyl/N-ethyl adjacent to an activating group) is 1. The Bertz CT molecular complexity index is 1290. The molecule has 0 fully saturated rings. The van der Waals surface area contributed by atoms with Crippen molar-refractivity contribution >= 4 is 17.6 Å². The molecule has 182 valence electrons. The Morgan fingerprint density at radius 1 is 1.17 bits per heavy atom. The summed E-state index contributed by atoms with van der Waals surface area (Å²) in [6.45, 7) is 1.37. The quantitative estimate of drug-likeness (QED) is 0.485. The molecule has 2 atom stereocenters. The van der Waals surface area contributed by atoms with Crippen LogP contribution < -0.4 is 21.5 Å². The predicted molar refractivity (Wildman–Crippen MR) is 131 cm³/mol. The molecule has 0 radical (unpaired) electrons. The van der Waals surface area contributed by atoms with Gasteiger partial charge in [0.2, 0.25) is 11.8 Å². The molecular formula is C26H28FN5O3. The fraction of sp³-hybridized carbons (Fsp3) is 0.308. The maximum atomic E-state index is 13.5. The van der Waals surface area contributed by atoms with Gasteiger partial charge in [0.15, 0.2) is 5.82 Å². The van der Waals surface area contributed by atoms with Crippen molar-refractivity contribution in [2.45, 2.75) is 44.8 Å². The van der Waals surface area contributed by atoms with Gasteiger partial charge in [-0.3, -0.25) is 19.0 Å². The van der Waals surface area contributed by atoms with Crippen LogP contribution in [-0.2, 0) is 22.6 Å². The van der Waals surface area contributed by atoms with Crippen LogP contribution in [0.2, 0.25) is 0 Å². The number of carbonyl (C=O) groups excluding carboxylic acids is 2. The van der Waals surface area contributed by atoms with E-state index in [0.29, 0.717) is 11.3 Å². The summed E-state index contributed by atoms with van der Waals surface area (Å²) in [7, 11) is 1.63. The van der Waals surface area contributed by atoms with Gasteiger partial charge in [0, 0.05) is 5.56 Å². The topological polar surface area (TPSA) is 105 Å². The lowest BCUT2D eigenvalue weighted by atomic mass is 9.88. The third-order valence-electron chi connectivity index (χ3n) is 6.27. The van der Waals surface area contributed by atoms with Crippen molar-refractivity contribution in [2.75, 3.05) is 12.4 Å². The molecule has 35 heavy (non-hydrogen) atoms. The smallest absolute Gasteiger partial charge is 0.294 e. The Kier molecular flexibility index (Phi) is 7.36. The van der Waals surface area contributed by atoms with Gasteiger partial charge < -0.3 is 16.0 Å². The number of rotatable bonds is 7. The van der Waals surface area contributed by atoms with Gasteiger partial charge >= 0.3 is 0 Å². The lowest BCUT2D eigenvalue weighted by Crippen LogP contribution is -2.40. The van der Waals surface area contributed by atoms with Gasteiger partial charge in [-0.25, -0.2) is 9.37 Å². The maximum absolute atomic E-state index is 13.5. The van der Waals surface area contributed by atoms with E-state index < -0.39 is 23.3 Å². The summed E-state index contributed by atoms with van der Waals surface area (Å²) >= 11 is 0. The van der Waals surface area contributed by atoms with Crippen LogP contribution in [0.5, 0.6) is 0 Å². The van der Waals surface area contributed by atoms with Crippen LogP contribution in [0.25, 0.3) is 11.3 Å². The lowest BCUT2D eigenvalue weighted by Gasteiger charge is -2.26. The standard InChI is InChI=1S/C26H28FN5O3/c1-16(28-2)25(34)31-24-26(35)32(22(14-29-24)18-10-12-19(27)13-11-18)15-23(33)30-21-9-5-7-17-6-3-4-8-20(17)21/h3-4,6,8,10-14,16,21,28H,5,7,9,15H2,1-2H3,(H,30,33)(H,29,31,34)/t16-,21+/m0/s1. The highest BCUT2D eigenvalue weighted by atomic mass is 19.1. The van der Waals surface area contributed by atoms with Crippen LogP contribution in [-0.4, -0.2) is 34.5 Å². The van der Waals surface area contributed by atoms with E-state index in [2.05, 4.69) is 27.0 Å². The monoisotopic (exact) mass is 477 g/mol. The molecule has 4 rings (SSSR count). The average Bonchev–Trinajstić information content (AvgIpc) is 2.87. The van der Waals surface area contributed by atoms with Crippen molar-refractivity contribution in [1.82, 2.24) is 20.2 Å². The fourth-order valence-electron chi connectivity index (χ4n) is 4.23. The van der Waals surface area contributed by atoms with Crippen molar-refractivity contribution in [3.63, 3.8) is 0 Å². The molecule has 0 aliphatic heterocycles. The van der Waals surface area contributed by atoms with Gasteiger partial charge in [-0.2, -0.15) is 0 Å². The predicted octanol–water partition coefficient (Wildman–Crippen LogP) is 2.79. The Morgan fingerprint density at radius 2 is 1.91 bits per heavy atom. The number of hydrogen-bond acceptors (Lipinski definition) is 5. The minimum absolute atomic E-state index is 0.144. The number of benzene rings is 2. The van der Waals surface area contributed by atoms with Crippen LogP contribution in [0.3, 0.4) is 0 Å². The first kappa shape index (κ1) is 24.3. The van der Waals surface area contributed by atoms with Gasteiger partial charge in [-0.05, 0) is 68.6 Å². The summed E-state index contributed by atoms with van der Waals surface area (Å²) < 4.78 is 14.7. The zero-order valence-corrected chi connectivity index (χ0v) is 19.7. The lowest BCUT2D eigenvalue weighted by molar-refractivity contribution is -0.122. The fourth-order valence-corrected chi connectivity index (χ4v) is 4.23. The highest BCUT2D eigenvalue weighted by Crippen LogP contribution is 2.29. The van der Waals surface area contributed by atoms with E-state index in [1.54, 1.807) is 14.0 Å². The molecule has 2 amide bonds. The zero-order chi connectivity index (χ0) is 24.9. The molecule has 0 bridgehead atoms. The molecule has 0 saturated heterocycles. The largest absolute Gasteiger partial charge is 0.348 e. The number of aromatic nitrogens is 2. The first-order valence-electron chi connectivity index (χ1n) is 11.6. The Labute approximate surface area is 202 Å². The minimum atomic E-state index is -0.623. The normalized spacial score (nSPS) is 15.7. The van der Waals surface area contributed by atoms with Crippen LogP contribution in [0.4, 0.5) is 10.2 Å². The van der Waals surface area contributed by atoms with Crippen LogP contribution in [0.15, 0.2) is 59.5 Å². The van der Waals surface area contributed by atoms with E-state index in [4.69, 9.17) is 0 Å². The van der Waals surface area contributed by atoms with Gasteiger partial charge in [-0.15, -0.1) is 0 Å². The number of halogens is 1. The number of nitrogens with one attached hydrogen (secondary N) is 3. The number of fused-ring (bicyclic) bond motifs is 1. The van der Waals surface area contributed by atoms with Crippen molar-refractivity contribution in [3.8, 4) is 11.3 Å². The molecule has 3 N–H and O–H groups in total. The second-order valence-corrected chi connectivity index (χ2v) is 8.60. The van der Waals surface area contributed by atoms with Crippen molar-refractivity contribution in [1.29, 1.82) is 0 Å². The van der Waals surface area contributed by atoms with Crippen LogP contribution in [0.1, 0.15) is 36.9 Å². The highest BCUT2D eigenvalue weighted by Gasteiger charge is 2.23. The van der Waals surface area contributed by atoms with Crippen molar-refractivity contribution in [2.24, 2.45) is 0 Å². The van der Waals surface area contributed by atoms with E-state index in [9.17, 15) is 18.8 Å². The van der Waals surface area contributed by atoms with E-state index >= 15 is 0 Å². The minimum Gasteiger partial charge on any atom is -0.348 e.